The van der Waals surface area contributed by atoms with Crippen LogP contribution < -0.4 is 10.6 Å². The first-order chi connectivity index (χ1) is 18.4. The van der Waals surface area contributed by atoms with E-state index in [0.717, 1.165) is 5.56 Å². The number of benzene rings is 3. The summed E-state index contributed by atoms with van der Waals surface area (Å²) in [5, 5.41) is 15.1. The zero-order valence-corrected chi connectivity index (χ0v) is 21.0. The van der Waals surface area contributed by atoms with Gasteiger partial charge in [0.2, 0.25) is 5.91 Å². The summed E-state index contributed by atoms with van der Waals surface area (Å²) in [5.41, 5.74) is 2.58. The molecule has 0 radical (unpaired) electrons. The fraction of sp³-hybridized carbons (Fsp3) is 0.241. The topological polar surface area (TPSA) is 131 Å². The molecule has 3 aromatic carbocycles. The quantitative estimate of drug-likeness (QED) is 0.248. The molecule has 2 amide bonds. The Labute approximate surface area is 220 Å². The maximum atomic E-state index is 12.6. The summed E-state index contributed by atoms with van der Waals surface area (Å²) < 4.78 is 9.87. The predicted octanol–water partition coefficient (Wildman–Crippen LogP) is 2.80. The largest absolute Gasteiger partial charge is 0.467 e. The zero-order chi connectivity index (χ0) is 27.3. The second-order valence-corrected chi connectivity index (χ2v) is 8.54. The van der Waals surface area contributed by atoms with Crippen molar-refractivity contribution >= 4 is 23.8 Å². The van der Waals surface area contributed by atoms with Crippen LogP contribution in [0.2, 0.25) is 0 Å². The number of aliphatic hydroxyl groups is 1. The summed E-state index contributed by atoms with van der Waals surface area (Å²) in [6, 6.07) is 23.7. The molecule has 198 valence electrons. The third-order valence-corrected chi connectivity index (χ3v) is 5.63. The Morgan fingerprint density at radius 3 is 2.05 bits per heavy atom. The Hall–Kier alpha value is -4.50. The van der Waals surface area contributed by atoms with E-state index in [2.05, 4.69) is 10.6 Å². The second kappa shape index (κ2) is 14.3. The number of aliphatic hydroxyl groups excluding tert-OH is 1. The smallest absolute Gasteiger partial charge is 0.407 e. The Balaban J connectivity index is 1.48. The molecule has 38 heavy (non-hydrogen) atoms. The molecule has 3 rings (SSSR count). The molecule has 0 aliphatic carbocycles. The minimum atomic E-state index is -1.19. The Bertz CT molecular complexity index is 1210. The number of carbonyl (C=O) groups is 4. The van der Waals surface area contributed by atoms with Crippen LogP contribution in [-0.4, -0.2) is 54.7 Å². The molecular weight excluding hydrogens is 488 g/mol. The first-order valence-electron chi connectivity index (χ1n) is 12.0. The van der Waals surface area contributed by atoms with Gasteiger partial charge < -0.3 is 25.2 Å². The van der Waals surface area contributed by atoms with Gasteiger partial charge in [0.05, 0.1) is 19.6 Å². The van der Waals surface area contributed by atoms with E-state index in [1.54, 1.807) is 48.5 Å². The van der Waals surface area contributed by atoms with Crippen molar-refractivity contribution in [1.29, 1.82) is 0 Å². The number of hydrogen-bond donors (Lipinski definition) is 3. The maximum absolute atomic E-state index is 12.6. The highest BCUT2D eigenvalue weighted by Crippen LogP contribution is 2.13. The fourth-order valence-electron chi connectivity index (χ4n) is 3.63. The highest BCUT2D eigenvalue weighted by atomic mass is 16.5. The standard InChI is InChI=1S/C29H30N2O7/c1-37-28(35)25(16-20-12-14-23(15-13-20)27(34)22-10-6-3-7-11-22)31-26(33)17-24(32)18-30-29(36)38-19-21-8-4-2-5-9-21/h2-15,24-25,32H,16-19H2,1H3,(H,30,36)(H,31,33)/t24-,25-/m0/s1. The fourth-order valence-corrected chi connectivity index (χ4v) is 3.63. The van der Waals surface area contributed by atoms with E-state index in [9.17, 15) is 24.3 Å². The summed E-state index contributed by atoms with van der Waals surface area (Å²) in [6.07, 6.45) is -2.15. The van der Waals surface area contributed by atoms with Crippen molar-refractivity contribution in [3.8, 4) is 0 Å². The highest BCUT2D eigenvalue weighted by Gasteiger charge is 2.23. The van der Waals surface area contributed by atoms with Crippen LogP contribution >= 0.6 is 0 Å². The van der Waals surface area contributed by atoms with Gasteiger partial charge in [0.1, 0.15) is 12.6 Å². The van der Waals surface area contributed by atoms with Gasteiger partial charge in [0, 0.05) is 24.1 Å². The van der Waals surface area contributed by atoms with Gasteiger partial charge in [0.15, 0.2) is 5.78 Å². The van der Waals surface area contributed by atoms with E-state index in [4.69, 9.17) is 9.47 Å². The van der Waals surface area contributed by atoms with Crippen molar-refractivity contribution in [1.82, 2.24) is 10.6 Å². The molecule has 0 aliphatic rings. The van der Waals surface area contributed by atoms with Crippen LogP contribution in [0.3, 0.4) is 0 Å². The summed E-state index contributed by atoms with van der Waals surface area (Å²) in [4.78, 5) is 49.2. The molecule has 2 atom stereocenters. The monoisotopic (exact) mass is 518 g/mol. The molecule has 0 saturated carbocycles. The molecule has 0 aromatic heterocycles. The van der Waals surface area contributed by atoms with E-state index in [1.165, 1.54) is 7.11 Å². The average Bonchev–Trinajstić information content (AvgIpc) is 2.95. The second-order valence-electron chi connectivity index (χ2n) is 8.54. The van der Waals surface area contributed by atoms with Gasteiger partial charge in [-0.2, -0.15) is 0 Å². The van der Waals surface area contributed by atoms with Gasteiger partial charge in [-0.3, -0.25) is 9.59 Å². The third-order valence-electron chi connectivity index (χ3n) is 5.63. The lowest BCUT2D eigenvalue weighted by atomic mass is 9.99. The van der Waals surface area contributed by atoms with Gasteiger partial charge in [-0.1, -0.05) is 84.9 Å². The minimum absolute atomic E-state index is 0.0749. The molecule has 0 bridgehead atoms. The van der Waals surface area contributed by atoms with Crippen LogP contribution in [0.5, 0.6) is 0 Å². The van der Waals surface area contributed by atoms with Crippen LogP contribution in [0.1, 0.15) is 33.5 Å². The summed E-state index contributed by atoms with van der Waals surface area (Å²) in [5.74, 6) is -1.37. The van der Waals surface area contributed by atoms with Gasteiger partial charge >= 0.3 is 12.1 Å². The van der Waals surface area contributed by atoms with Crippen LogP contribution in [0.15, 0.2) is 84.9 Å². The van der Waals surface area contributed by atoms with E-state index in [0.29, 0.717) is 16.7 Å². The first-order valence-corrected chi connectivity index (χ1v) is 12.0. The molecule has 0 saturated heterocycles. The van der Waals surface area contributed by atoms with Crippen LogP contribution in [0.4, 0.5) is 4.79 Å². The minimum Gasteiger partial charge on any atom is -0.467 e. The summed E-state index contributed by atoms with van der Waals surface area (Å²) in [6.45, 7) is -0.133. The van der Waals surface area contributed by atoms with Crippen molar-refractivity contribution in [2.45, 2.75) is 31.6 Å². The number of esters is 1. The van der Waals surface area contributed by atoms with Crippen LogP contribution in [0.25, 0.3) is 0 Å². The van der Waals surface area contributed by atoms with Gasteiger partial charge in [0.25, 0.3) is 0 Å². The van der Waals surface area contributed by atoms with Gasteiger partial charge in [-0.25, -0.2) is 9.59 Å². The zero-order valence-electron chi connectivity index (χ0n) is 21.0. The predicted molar refractivity (Wildman–Crippen MR) is 139 cm³/mol. The van der Waals surface area contributed by atoms with Crippen LogP contribution in [-0.2, 0) is 32.1 Å². The van der Waals surface area contributed by atoms with E-state index < -0.39 is 30.1 Å². The molecule has 0 aliphatic heterocycles. The molecule has 3 aromatic rings. The molecule has 0 unspecified atom stereocenters. The number of alkyl carbamates (subject to hydrolysis) is 1. The van der Waals surface area contributed by atoms with Crippen molar-refractivity contribution in [3.63, 3.8) is 0 Å². The summed E-state index contributed by atoms with van der Waals surface area (Å²) in [7, 11) is 1.21. The molecule has 9 nitrogen and oxygen atoms in total. The Morgan fingerprint density at radius 2 is 1.42 bits per heavy atom. The number of ketones is 1. The number of rotatable bonds is 12. The SMILES string of the molecule is COC(=O)[C@H](Cc1ccc(C(=O)c2ccccc2)cc1)NC(=O)C[C@H](O)CNC(=O)OCc1ccccc1. The lowest BCUT2D eigenvalue weighted by molar-refractivity contribution is -0.145. The van der Waals surface area contributed by atoms with Crippen LogP contribution in [0, 0.1) is 0 Å². The molecule has 3 N–H and O–H groups in total. The number of amides is 2. The van der Waals surface area contributed by atoms with Gasteiger partial charge in [-0.05, 0) is 11.1 Å². The van der Waals surface area contributed by atoms with Crippen molar-refractivity contribution in [2.24, 2.45) is 0 Å². The number of methoxy groups -OCH3 is 1. The summed E-state index contributed by atoms with van der Waals surface area (Å²) >= 11 is 0. The van der Waals surface area contributed by atoms with Crippen molar-refractivity contribution in [3.05, 3.63) is 107 Å². The van der Waals surface area contributed by atoms with E-state index >= 15 is 0 Å². The van der Waals surface area contributed by atoms with Crippen molar-refractivity contribution in [2.75, 3.05) is 13.7 Å². The molecule has 0 spiro atoms. The average molecular weight is 519 g/mol. The van der Waals surface area contributed by atoms with E-state index in [1.807, 2.05) is 36.4 Å². The lowest BCUT2D eigenvalue weighted by Gasteiger charge is -2.18. The first kappa shape index (κ1) is 28.1. The van der Waals surface area contributed by atoms with E-state index in [-0.39, 0.29) is 31.8 Å². The Morgan fingerprint density at radius 1 is 0.816 bits per heavy atom. The number of carbonyl (C=O) groups excluding carboxylic acids is 4. The molecule has 0 heterocycles. The molecule has 0 fully saturated rings. The number of ether oxygens (including phenoxy) is 2. The Kier molecular flexibility index (Phi) is 10.6. The lowest BCUT2D eigenvalue weighted by Crippen LogP contribution is -2.45. The van der Waals surface area contributed by atoms with Gasteiger partial charge in [-0.15, -0.1) is 0 Å². The molecule has 9 heteroatoms. The normalized spacial score (nSPS) is 12.1. The highest BCUT2D eigenvalue weighted by molar-refractivity contribution is 6.08. The van der Waals surface area contributed by atoms with Crippen molar-refractivity contribution < 1.29 is 33.8 Å². The third kappa shape index (κ3) is 8.86. The number of hydrogen-bond acceptors (Lipinski definition) is 7. The maximum Gasteiger partial charge on any atom is 0.407 e. The number of nitrogens with one attached hydrogen (secondary N) is 2. The molecular formula is C29H30N2O7.